The van der Waals surface area contributed by atoms with Crippen molar-refractivity contribution in [3.8, 4) is 17.3 Å². The maximum atomic E-state index is 11.6. The summed E-state index contributed by atoms with van der Waals surface area (Å²) >= 11 is 0. The van der Waals surface area contributed by atoms with Crippen molar-refractivity contribution in [3.05, 3.63) is 48.7 Å². The first-order chi connectivity index (χ1) is 14.2. The summed E-state index contributed by atoms with van der Waals surface area (Å²) in [7, 11) is 0. The Bertz CT molecular complexity index is 1150. The van der Waals surface area contributed by atoms with E-state index < -0.39 is 0 Å². The molecule has 4 aromatic rings. The number of nitrogens with zero attached hydrogens (tertiary/aromatic N) is 4. The highest BCUT2D eigenvalue weighted by atomic mass is 16.5. The number of fused-ring (bicyclic) bond motifs is 2. The number of hydrogen-bond acceptors (Lipinski definition) is 6. The van der Waals surface area contributed by atoms with Crippen molar-refractivity contribution in [2.75, 3.05) is 26.3 Å². The Labute approximate surface area is 166 Å². The SMILES string of the molecule is CC(=O)N1CCOC(COc2ccc3ncc(-c4cc5ccccc5o4)n3n2)C1. The number of carbonyl (C=O) groups is 1. The van der Waals surface area contributed by atoms with Crippen molar-refractivity contribution in [1.29, 1.82) is 0 Å². The van der Waals surface area contributed by atoms with Gasteiger partial charge in [-0.3, -0.25) is 4.79 Å². The number of morpholine rings is 1. The summed E-state index contributed by atoms with van der Waals surface area (Å²) < 4.78 is 19.2. The highest BCUT2D eigenvalue weighted by molar-refractivity contribution is 5.82. The smallest absolute Gasteiger partial charge is 0.231 e. The largest absolute Gasteiger partial charge is 0.474 e. The molecule has 5 rings (SSSR count). The van der Waals surface area contributed by atoms with Crippen LogP contribution in [0.3, 0.4) is 0 Å². The monoisotopic (exact) mass is 392 g/mol. The molecule has 4 heterocycles. The van der Waals surface area contributed by atoms with Crippen molar-refractivity contribution in [3.63, 3.8) is 0 Å². The number of para-hydroxylation sites is 1. The molecule has 1 amide bonds. The minimum atomic E-state index is -0.178. The number of imidazole rings is 1. The molecular weight excluding hydrogens is 372 g/mol. The van der Waals surface area contributed by atoms with Gasteiger partial charge in [0.1, 0.15) is 24.0 Å². The van der Waals surface area contributed by atoms with Gasteiger partial charge in [-0.1, -0.05) is 18.2 Å². The van der Waals surface area contributed by atoms with Crippen molar-refractivity contribution < 1.29 is 18.7 Å². The van der Waals surface area contributed by atoms with Crippen LogP contribution in [0.15, 0.2) is 53.1 Å². The number of furan rings is 1. The van der Waals surface area contributed by atoms with E-state index in [0.29, 0.717) is 43.6 Å². The molecule has 1 saturated heterocycles. The fourth-order valence-electron chi connectivity index (χ4n) is 3.49. The molecule has 0 N–H and O–H groups in total. The molecule has 29 heavy (non-hydrogen) atoms. The van der Waals surface area contributed by atoms with Crippen LogP contribution < -0.4 is 4.74 Å². The average molecular weight is 392 g/mol. The van der Waals surface area contributed by atoms with Crippen LogP contribution in [0.2, 0.25) is 0 Å². The maximum Gasteiger partial charge on any atom is 0.231 e. The third kappa shape index (κ3) is 3.42. The van der Waals surface area contributed by atoms with Gasteiger partial charge in [0.2, 0.25) is 11.8 Å². The van der Waals surface area contributed by atoms with E-state index in [1.165, 1.54) is 0 Å². The Kier molecular flexibility index (Phi) is 4.40. The fourth-order valence-corrected chi connectivity index (χ4v) is 3.49. The molecule has 1 aromatic carbocycles. The number of aromatic nitrogens is 3. The molecule has 148 valence electrons. The van der Waals surface area contributed by atoms with Crippen molar-refractivity contribution in [2.24, 2.45) is 0 Å². The quantitative estimate of drug-likeness (QED) is 0.531. The number of ether oxygens (including phenoxy) is 2. The summed E-state index contributed by atoms with van der Waals surface area (Å²) in [6.07, 6.45) is 1.56. The Morgan fingerprint density at radius 1 is 1.28 bits per heavy atom. The highest BCUT2D eigenvalue weighted by Gasteiger charge is 2.23. The molecule has 1 atom stereocenters. The Hall–Kier alpha value is -3.39. The van der Waals surface area contributed by atoms with Gasteiger partial charge in [0, 0.05) is 24.9 Å². The van der Waals surface area contributed by atoms with Crippen LogP contribution in [0.5, 0.6) is 5.88 Å². The van der Waals surface area contributed by atoms with Crippen LogP contribution in [0.25, 0.3) is 28.1 Å². The third-order valence-electron chi connectivity index (χ3n) is 5.02. The van der Waals surface area contributed by atoms with Crippen LogP contribution in [-0.2, 0) is 9.53 Å². The minimum Gasteiger partial charge on any atom is -0.474 e. The number of carbonyl (C=O) groups excluding carboxylic acids is 1. The molecule has 0 saturated carbocycles. The van der Waals surface area contributed by atoms with Gasteiger partial charge in [-0.25, -0.2) is 9.50 Å². The summed E-state index contributed by atoms with van der Waals surface area (Å²) in [5.74, 6) is 1.19. The van der Waals surface area contributed by atoms with E-state index in [4.69, 9.17) is 13.9 Å². The standard InChI is InChI=1S/C21H20N4O4/c1-14(26)24-8-9-27-16(12-24)13-28-21-7-6-20-22-11-17(25(20)23-21)19-10-15-4-2-3-5-18(15)29-19/h2-7,10-11,16H,8-9,12-13H2,1H3. The van der Waals surface area contributed by atoms with Crippen molar-refractivity contribution >= 4 is 22.5 Å². The lowest BCUT2D eigenvalue weighted by molar-refractivity contribution is -0.137. The van der Waals surface area contributed by atoms with Crippen LogP contribution in [0, 0.1) is 0 Å². The first kappa shape index (κ1) is 17.7. The molecule has 1 unspecified atom stereocenters. The zero-order chi connectivity index (χ0) is 19.8. The number of hydrogen-bond donors (Lipinski definition) is 0. The summed E-state index contributed by atoms with van der Waals surface area (Å²) in [6.45, 7) is 3.53. The van der Waals surface area contributed by atoms with Gasteiger partial charge in [-0.2, -0.15) is 0 Å². The molecule has 0 radical (unpaired) electrons. The van der Waals surface area contributed by atoms with E-state index in [0.717, 1.165) is 16.7 Å². The second kappa shape index (κ2) is 7.21. The highest BCUT2D eigenvalue weighted by Crippen LogP contribution is 2.28. The summed E-state index contributed by atoms with van der Waals surface area (Å²) in [5, 5.41) is 5.58. The normalized spacial score (nSPS) is 17.1. The molecule has 0 spiro atoms. The predicted molar refractivity (Wildman–Crippen MR) is 106 cm³/mol. The second-order valence-corrected chi connectivity index (χ2v) is 7.00. The fraction of sp³-hybridized carbons (Fsp3) is 0.286. The first-order valence-electron chi connectivity index (χ1n) is 9.51. The van der Waals surface area contributed by atoms with Gasteiger partial charge in [0.25, 0.3) is 0 Å². The lowest BCUT2D eigenvalue weighted by Crippen LogP contribution is -2.46. The van der Waals surface area contributed by atoms with E-state index in [2.05, 4.69) is 10.1 Å². The van der Waals surface area contributed by atoms with E-state index >= 15 is 0 Å². The van der Waals surface area contributed by atoms with E-state index in [1.807, 2.05) is 36.4 Å². The Morgan fingerprint density at radius 3 is 3.03 bits per heavy atom. The Morgan fingerprint density at radius 2 is 2.17 bits per heavy atom. The van der Waals surface area contributed by atoms with E-state index in [1.54, 1.807) is 28.6 Å². The number of rotatable bonds is 4. The van der Waals surface area contributed by atoms with Gasteiger partial charge in [0.05, 0.1) is 19.3 Å². The summed E-state index contributed by atoms with van der Waals surface area (Å²) in [6, 6.07) is 13.4. The molecule has 8 nitrogen and oxygen atoms in total. The predicted octanol–water partition coefficient (Wildman–Crippen LogP) is 2.77. The molecule has 8 heteroatoms. The van der Waals surface area contributed by atoms with Gasteiger partial charge < -0.3 is 18.8 Å². The lowest BCUT2D eigenvalue weighted by Gasteiger charge is -2.31. The molecule has 3 aromatic heterocycles. The van der Waals surface area contributed by atoms with Gasteiger partial charge >= 0.3 is 0 Å². The molecule has 1 aliphatic heterocycles. The maximum absolute atomic E-state index is 11.6. The van der Waals surface area contributed by atoms with Crippen molar-refractivity contribution in [2.45, 2.75) is 13.0 Å². The number of amides is 1. The van der Waals surface area contributed by atoms with Gasteiger partial charge in [0.15, 0.2) is 11.4 Å². The van der Waals surface area contributed by atoms with Crippen molar-refractivity contribution in [1.82, 2.24) is 19.5 Å². The van der Waals surface area contributed by atoms with Crippen LogP contribution >= 0.6 is 0 Å². The molecule has 1 aliphatic rings. The van der Waals surface area contributed by atoms with Crippen LogP contribution in [0.1, 0.15) is 6.92 Å². The molecule has 0 bridgehead atoms. The third-order valence-corrected chi connectivity index (χ3v) is 5.02. The van der Waals surface area contributed by atoms with Gasteiger partial charge in [-0.15, -0.1) is 5.10 Å². The summed E-state index contributed by atoms with van der Waals surface area (Å²) in [5.41, 5.74) is 2.26. The van der Waals surface area contributed by atoms with Crippen LogP contribution in [-0.4, -0.2) is 57.8 Å². The topological polar surface area (TPSA) is 82.1 Å². The summed E-state index contributed by atoms with van der Waals surface area (Å²) in [4.78, 5) is 17.7. The van der Waals surface area contributed by atoms with E-state index in [9.17, 15) is 4.79 Å². The van der Waals surface area contributed by atoms with Gasteiger partial charge in [-0.05, 0) is 18.2 Å². The zero-order valence-corrected chi connectivity index (χ0v) is 15.9. The number of benzene rings is 1. The average Bonchev–Trinajstić information content (AvgIpc) is 3.35. The molecular formula is C21H20N4O4. The minimum absolute atomic E-state index is 0.0479. The zero-order valence-electron chi connectivity index (χ0n) is 15.9. The first-order valence-corrected chi connectivity index (χ1v) is 9.51. The van der Waals surface area contributed by atoms with Crippen LogP contribution in [0.4, 0.5) is 0 Å². The molecule has 0 aliphatic carbocycles. The molecule has 1 fully saturated rings. The Balaban J connectivity index is 1.37. The lowest BCUT2D eigenvalue weighted by atomic mass is 10.2. The van der Waals surface area contributed by atoms with E-state index in [-0.39, 0.29) is 12.0 Å². The second-order valence-electron chi connectivity index (χ2n) is 7.00.